The van der Waals surface area contributed by atoms with Crippen molar-refractivity contribution in [1.82, 2.24) is 0 Å². The number of hydrogen-bond acceptors (Lipinski definition) is 2. The SMILES string of the molecule is Cc1ccc2oc3ccc(S(C)(C)c4ccc5oc6ccccc6c5c4)cc3c2c1. The molecule has 0 saturated heterocycles. The largest absolute Gasteiger partial charge is 0.456 e. The van der Waals surface area contributed by atoms with E-state index >= 15 is 0 Å². The summed E-state index contributed by atoms with van der Waals surface area (Å²) in [5.41, 5.74) is 5.04. The van der Waals surface area contributed by atoms with E-state index in [1.807, 2.05) is 12.1 Å². The van der Waals surface area contributed by atoms with Crippen molar-refractivity contribution in [2.75, 3.05) is 12.5 Å². The van der Waals surface area contributed by atoms with Crippen molar-refractivity contribution in [1.29, 1.82) is 0 Å². The van der Waals surface area contributed by atoms with Gasteiger partial charge >= 0.3 is 0 Å². The summed E-state index contributed by atoms with van der Waals surface area (Å²) in [5.74, 6) is 0. The molecule has 2 heterocycles. The molecule has 0 atom stereocenters. The molecule has 0 bridgehead atoms. The van der Waals surface area contributed by atoms with Crippen LogP contribution >= 0.6 is 10.0 Å². The molecule has 0 aliphatic carbocycles. The molecular formula is C27H22O2S. The second-order valence-electron chi connectivity index (χ2n) is 8.34. The molecule has 0 spiro atoms. The minimum atomic E-state index is -1.21. The smallest absolute Gasteiger partial charge is 0.135 e. The lowest BCUT2D eigenvalue weighted by Gasteiger charge is -2.32. The van der Waals surface area contributed by atoms with Crippen LogP contribution in [0.5, 0.6) is 0 Å². The molecule has 0 aliphatic heterocycles. The van der Waals surface area contributed by atoms with Crippen molar-refractivity contribution >= 4 is 53.9 Å². The zero-order valence-corrected chi connectivity index (χ0v) is 18.0. The van der Waals surface area contributed by atoms with E-state index in [0.717, 1.165) is 22.3 Å². The third-order valence-corrected chi connectivity index (χ3v) is 8.99. The molecule has 2 aromatic heterocycles. The number of furan rings is 2. The normalized spacial score (nSPS) is 13.0. The quantitative estimate of drug-likeness (QED) is 0.287. The van der Waals surface area contributed by atoms with E-state index in [0.29, 0.717) is 0 Å². The highest BCUT2D eigenvalue weighted by Gasteiger charge is 2.21. The van der Waals surface area contributed by atoms with Crippen LogP contribution in [-0.2, 0) is 0 Å². The Kier molecular flexibility index (Phi) is 3.63. The molecule has 6 aromatic rings. The van der Waals surface area contributed by atoms with Crippen LogP contribution in [0.15, 0.2) is 97.5 Å². The standard InChI is InChI=1S/C27H22O2S/c1-17-8-11-25-21(14-17)23-16-19(10-13-27(23)29-25)30(2,3)18-9-12-26-22(15-18)20-6-4-5-7-24(20)28-26/h4-16H,1-3H3. The van der Waals surface area contributed by atoms with Crippen LogP contribution < -0.4 is 0 Å². The fourth-order valence-electron chi connectivity index (χ4n) is 4.35. The van der Waals surface area contributed by atoms with Gasteiger partial charge in [-0.05, 0) is 83.8 Å². The third-order valence-electron chi connectivity index (χ3n) is 6.12. The van der Waals surface area contributed by atoms with Crippen LogP contribution in [0.25, 0.3) is 43.9 Å². The maximum atomic E-state index is 6.07. The minimum Gasteiger partial charge on any atom is -0.456 e. The maximum absolute atomic E-state index is 6.07. The molecule has 2 nitrogen and oxygen atoms in total. The molecular weight excluding hydrogens is 388 g/mol. The van der Waals surface area contributed by atoms with Crippen LogP contribution in [0, 0.1) is 6.92 Å². The van der Waals surface area contributed by atoms with E-state index < -0.39 is 10.0 Å². The number of hydrogen-bond donors (Lipinski definition) is 0. The maximum Gasteiger partial charge on any atom is 0.135 e. The zero-order chi connectivity index (χ0) is 20.5. The summed E-state index contributed by atoms with van der Waals surface area (Å²) >= 11 is 0. The predicted molar refractivity (Wildman–Crippen MR) is 128 cm³/mol. The minimum absolute atomic E-state index is 0.944. The van der Waals surface area contributed by atoms with E-state index in [2.05, 4.69) is 86.2 Å². The van der Waals surface area contributed by atoms with Crippen LogP contribution in [-0.4, -0.2) is 12.5 Å². The molecule has 0 aliphatic rings. The Balaban J connectivity index is 1.55. The molecule has 0 saturated carbocycles. The van der Waals surface area contributed by atoms with Crippen molar-refractivity contribution in [3.63, 3.8) is 0 Å². The Morgan fingerprint density at radius 1 is 0.533 bits per heavy atom. The first-order valence-corrected chi connectivity index (χ1v) is 12.5. The van der Waals surface area contributed by atoms with Crippen molar-refractivity contribution in [2.24, 2.45) is 0 Å². The van der Waals surface area contributed by atoms with Gasteiger partial charge < -0.3 is 8.83 Å². The molecule has 0 radical (unpaired) electrons. The first kappa shape index (κ1) is 17.7. The molecule has 6 rings (SSSR count). The van der Waals surface area contributed by atoms with Crippen molar-refractivity contribution in [2.45, 2.75) is 16.7 Å². The average Bonchev–Trinajstić information content (AvgIpc) is 3.30. The summed E-state index contributed by atoms with van der Waals surface area (Å²) in [6.45, 7) is 2.13. The lowest BCUT2D eigenvalue weighted by Crippen LogP contribution is -1.97. The van der Waals surface area contributed by atoms with Gasteiger partial charge in [0.15, 0.2) is 0 Å². The van der Waals surface area contributed by atoms with E-state index in [-0.39, 0.29) is 0 Å². The molecule has 148 valence electrons. The lowest BCUT2D eigenvalue weighted by molar-refractivity contribution is 0.668. The summed E-state index contributed by atoms with van der Waals surface area (Å²) in [6, 6.07) is 28.0. The Hall–Kier alpha value is -3.17. The fourth-order valence-corrected chi connectivity index (χ4v) is 6.26. The van der Waals surface area contributed by atoms with Gasteiger partial charge in [0.2, 0.25) is 0 Å². The summed E-state index contributed by atoms with van der Waals surface area (Å²) in [7, 11) is -1.21. The van der Waals surface area contributed by atoms with Gasteiger partial charge in [0.25, 0.3) is 0 Å². The average molecular weight is 411 g/mol. The van der Waals surface area contributed by atoms with Gasteiger partial charge in [-0.15, -0.1) is 0 Å². The molecule has 0 amide bonds. The van der Waals surface area contributed by atoms with Gasteiger partial charge in [-0.25, -0.2) is 0 Å². The zero-order valence-electron chi connectivity index (χ0n) is 17.2. The number of para-hydroxylation sites is 1. The van der Waals surface area contributed by atoms with Crippen LogP contribution in [0.1, 0.15) is 5.56 Å². The molecule has 0 fully saturated rings. The Morgan fingerprint density at radius 2 is 1.03 bits per heavy atom. The van der Waals surface area contributed by atoms with Crippen LogP contribution in [0.2, 0.25) is 0 Å². The first-order chi connectivity index (χ1) is 14.5. The predicted octanol–water partition coefficient (Wildman–Crippen LogP) is 8.28. The third kappa shape index (κ3) is 2.52. The topological polar surface area (TPSA) is 26.3 Å². The lowest BCUT2D eigenvalue weighted by atomic mass is 10.1. The van der Waals surface area contributed by atoms with E-state index in [9.17, 15) is 0 Å². The number of rotatable bonds is 2. The molecule has 0 N–H and O–H groups in total. The second-order valence-corrected chi connectivity index (χ2v) is 11.9. The first-order valence-electron chi connectivity index (χ1n) is 10.1. The van der Waals surface area contributed by atoms with Crippen molar-refractivity contribution in [3.05, 3.63) is 84.4 Å². The van der Waals surface area contributed by atoms with Gasteiger partial charge in [-0.1, -0.05) is 29.8 Å². The molecule has 30 heavy (non-hydrogen) atoms. The number of aryl methyl sites for hydroxylation is 1. The van der Waals surface area contributed by atoms with Crippen LogP contribution in [0.4, 0.5) is 0 Å². The molecule has 3 heteroatoms. The van der Waals surface area contributed by atoms with Gasteiger partial charge in [-0.3, -0.25) is 0 Å². The highest BCUT2D eigenvalue weighted by atomic mass is 32.3. The summed E-state index contributed by atoms with van der Waals surface area (Å²) < 4.78 is 12.1. The summed E-state index contributed by atoms with van der Waals surface area (Å²) in [6.07, 6.45) is 4.73. The molecule has 4 aromatic carbocycles. The highest BCUT2D eigenvalue weighted by Crippen LogP contribution is 2.58. The van der Waals surface area contributed by atoms with Crippen molar-refractivity contribution < 1.29 is 8.83 Å². The summed E-state index contributed by atoms with van der Waals surface area (Å²) in [5, 5.41) is 4.75. The Labute approximate surface area is 176 Å². The van der Waals surface area contributed by atoms with Gasteiger partial charge in [0.05, 0.1) is 0 Å². The van der Waals surface area contributed by atoms with Crippen LogP contribution in [0.3, 0.4) is 0 Å². The Bertz CT molecular complexity index is 1580. The number of fused-ring (bicyclic) bond motifs is 6. The fraction of sp³-hybridized carbons (Fsp3) is 0.111. The second kappa shape index (κ2) is 6.16. The van der Waals surface area contributed by atoms with Gasteiger partial charge in [0, 0.05) is 21.5 Å². The van der Waals surface area contributed by atoms with Gasteiger partial charge in [-0.2, -0.15) is 10.0 Å². The van der Waals surface area contributed by atoms with Crippen molar-refractivity contribution in [3.8, 4) is 0 Å². The Morgan fingerprint density at radius 3 is 1.70 bits per heavy atom. The van der Waals surface area contributed by atoms with E-state index in [1.165, 1.54) is 36.9 Å². The summed E-state index contributed by atoms with van der Waals surface area (Å²) in [4.78, 5) is 2.70. The number of benzene rings is 4. The van der Waals surface area contributed by atoms with E-state index in [4.69, 9.17) is 8.83 Å². The molecule has 0 unspecified atom stereocenters. The monoisotopic (exact) mass is 410 g/mol. The van der Waals surface area contributed by atoms with E-state index in [1.54, 1.807) is 0 Å². The highest BCUT2D eigenvalue weighted by molar-refractivity contribution is 8.32. The van der Waals surface area contributed by atoms with Gasteiger partial charge in [0.1, 0.15) is 22.3 Å².